The number of nitrogens with zero attached hydrogens (tertiary/aromatic N) is 1. The van der Waals surface area contributed by atoms with Crippen molar-refractivity contribution in [1.82, 2.24) is 9.97 Å². The van der Waals surface area contributed by atoms with E-state index < -0.39 is 0 Å². The number of hydrogen-bond acceptors (Lipinski definition) is 4. The molecule has 1 heterocycles. The van der Waals surface area contributed by atoms with Crippen LogP contribution in [-0.2, 0) is 0 Å². The third-order valence-electron chi connectivity index (χ3n) is 3.27. The molecule has 1 aromatic heterocycles. The summed E-state index contributed by atoms with van der Waals surface area (Å²) in [5.74, 6) is 1.59. The minimum atomic E-state index is -0.302. The molecule has 1 N–H and O–H groups in total. The minimum absolute atomic E-state index is 0.302. The summed E-state index contributed by atoms with van der Waals surface area (Å²) in [5, 5.41) is 0.465. The van der Waals surface area contributed by atoms with Crippen LogP contribution in [0.1, 0.15) is 0 Å². The molecular weight excluding hydrogens is 268 g/mol. The Morgan fingerprint density at radius 3 is 2.33 bits per heavy atom. The summed E-state index contributed by atoms with van der Waals surface area (Å²) >= 11 is 0. The molecule has 0 aliphatic rings. The van der Waals surface area contributed by atoms with Gasteiger partial charge in [0.2, 0.25) is 0 Å². The first-order chi connectivity index (χ1) is 10.2. The number of hydrogen-bond donors (Lipinski definition) is 1. The van der Waals surface area contributed by atoms with Crippen molar-refractivity contribution in [3.63, 3.8) is 0 Å². The fourth-order valence-electron chi connectivity index (χ4n) is 2.21. The fourth-order valence-corrected chi connectivity index (χ4v) is 2.21. The first-order valence-corrected chi connectivity index (χ1v) is 6.44. The first-order valence-electron chi connectivity index (χ1n) is 6.44. The van der Waals surface area contributed by atoms with Crippen molar-refractivity contribution in [3.05, 3.63) is 52.8 Å². The summed E-state index contributed by atoms with van der Waals surface area (Å²) in [7, 11) is 3.09. The Kier molecular flexibility index (Phi) is 3.31. The van der Waals surface area contributed by atoms with Crippen LogP contribution >= 0.6 is 0 Å². The van der Waals surface area contributed by atoms with Gasteiger partial charge in [0.25, 0.3) is 5.56 Å². The normalized spacial score (nSPS) is 10.6. The van der Waals surface area contributed by atoms with E-state index in [2.05, 4.69) is 9.97 Å². The van der Waals surface area contributed by atoms with Gasteiger partial charge in [-0.25, -0.2) is 0 Å². The summed E-state index contributed by atoms with van der Waals surface area (Å²) in [6.45, 7) is 0. The van der Waals surface area contributed by atoms with Crippen LogP contribution in [0, 0.1) is 0 Å². The van der Waals surface area contributed by atoms with E-state index in [9.17, 15) is 4.79 Å². The van der Waals surface area contributed by atoms with Crippen LogP contribution in [-0.4, -0.2) is 24.2 Å². The molecule has 0 aliphatic heterocycles. The fraction of sp³-hybridized carbons (Fsp3) is 0.125. The Labute approximate surface area is 121 Å². The van der Waals surface area contributed by atoms with Gasteiger partial charge in [-0.3, -0.25) is 4.79 Å². The van der Waals surface area contributed by atoms with Gasteiger partial charge in [-0.05, 0) is 6.07 Å². The van der Waals surface area contributed by atoms with Crippen molar-refractivity contribution in [2.75, 3.05) is 14.2 Å². The average molecular weight is 282 g/mol. The lowest BCUT2D eigenvalue weighted by atomic mass is 10.2. The maximum Gasteiger partial charge on any atom is 0.281 e. The van der Waals surface area contributed by atoms with E-state index in [1.54, 1.807) is 19.2 Å². The van der Waals surface area contributed by atoms with Gasteiger partial charge in [-0.15, -0.1) is 0 Å². The van der Waals surface area contributed by atoms with E-state index >= 15 is 0 Å². The van der Waals surface area contributed by atoms with E-state index in [0.29, 0.717) is 28.2 Å². The molecule has 0 bridgehead atoms. The maximum atomic E-state index is 12.2. The Morgan fingerprint density at radius 2 is 1.67 bits per heavy atom. The maximum absolute atomic E-state index is 12.2. The summed E-state index contributed by atoms with van der Waals surface area (Å²) in [6.07, 6.45) is 0. The number of aromatic amines is 1. The van der Waals surface area contributed by atoms with E-state index in [0.717, 1.165) is 5.56 Å². The average Bonchev–Trinajstić information content (AvgIpc) is 2.54. The van der Waals surface area contributed by atoms with Crippen LogP contribution in [0.4, 0.5) is 0 Å². The number of H-pyrrole nitrogens is 1. The number of rotatable bonds is 3. The zero-order chi connectivity index (χ0) is 14.8. The lowest BCUT2D eigenvalue weighted by Crippen LogP contribution is -2.10. The van der Waals surface area contributed by atoms with Crippen molar-refractivity contribution < 1.29 is 9.47 Å². The molecule has 106 valence electrons. The first kappa shape index (κ1) is 13.2. The van der Waals surface area contributed by atoms with Crippen LogP contribution < -0.4 is 15.0 Å². The molecule has 0 aliphatic carbocycles. The molecule has 0 spiro atoms. The number of nitrogens with one attached hydrogen (secondary N) is 1. The topological polar surface area (TPSA) is 64.2 Å². The molecule has 0 unspecified atom stereocenters. The van der Waals surface area contributed by atoms with Crippen molar-refractivity contribution >= 4 is 10.9 Å². The second-order valence-corrected chi connectivity index (χ2v) is 4.51. The van der Waals surface area contributed by atoms with Crippen LogP contribution in [0.5, 0.6) is 11.5 Å². The molecule has 3 rings (SSSR count). The predicted octanol–water partition coefficient (Wildman–Crippen LogP) is 2.61. The van der Waals surface area contributed by atoms with Crippen LogP contribution in [0.15, 0.2) is 47.3 Å². The molecule has 0 amide bonds. The highest BCUT2D eigenvalue weighted by molar-refractivity contribution is 5.83. The van der Waals surface area contributed by atoms with Gasteiger partial charge in [0.15, 0.2) is 11.5 Å². The van der Waals surface area contributed by atoms with Gasteiger partial charge in [0.05, 0.1) is 25.1 Å². The monoisotopic (exact) mass is 282 g/mol. The molecule has 0 saturated carbocycles. The van der Waals surface area contributed by atoms with Crippen molar-refractivity contribution in [2.24, 2.45) is 0 Å². The van der Waals surface area contributed by atoms with Gasteiger partial charge in [-0.1, -0.05) is 30.3 Å². The third kappa shape index (κ3) is 2.33. The van der Waals surface area contributed by atoms with Crippen LogP contribution in [0.25, 0.3) is 22.3 Å². The third-order valence-corrected chi connectivity index (χ3v) is 3.27. The van der Waals surface area contributed by atoms with Crippen molar-refractivity contribution in [1.29, 1.82) is 0 Å². The SMILES string of the molecule is COc1cc2[nH]c(-c3ccccc3)nc(=O)c2cc1OC. The summed E-state index contributed by atoms with van der Waals surface area (Å²) in [4.78, 5) is 19.5. The molecule has 2 aromatic carbocycles. The van der Waals surface area contributed by atoms with E-state index in [1.165, 1.54) is 7.11 Å². The molecule has 3 aromatic rings. The van der Waals surface area contributed by atoms with E-state index in [4.69, 9.17) is 9.47 Å². The van der Waals surface area contributed by atoms with E-state index in [-0.39, 0.29) is 5.56 Å². The molecule has 0 atom stereocenters. The van der Waals surface area contributed by atoms with Crippen molar-refractivity contribution in [3.8, 4) is 22.9 Å². The highest BCUT2D eigenvalue weighted by atomic mass is 16.5. The Morgan fingerprint density at radius 1 is 1.00 bits per heavy atom. The van der Waals surface area contributed by atoms with Gasteiger partial charge < -0.3 is 14.5 Å². The lowest BCUT2D eigenvalue weighted by Gasteiger charge is -2.09. The van der Waals surface area contributed by atoms with Gasteiger partial charge in [0.1, 0.15) is 5.82 Å². The lowest BCUT2D eigenvalue weighted by molar-refractivity contribution is 0.355. The van der Waals surface area contributed by atoms with E-state index in [1.807, 2.05) is 30.3 Å². The highest BCUT2D eigenvalue weighted by Gasteiger charge is 2.11. The minimum Gasteiger partial charge on any atom is -0.493 e. The number of fused-ring (bicyclic) bond motifs is 1. The summed E-state index contributed by atoms with van der Waals surface area (Å²) < 4.78 is 10.5. The standard InChI is InChI=1S/C16H14N2O3/c1-20-13-8-11-12(9-14(13)21-2)17-15(18-16(11)19)10-6-4-3-5-7-10/h3-9H,1-2H3,(H,17,18,19). The molecule has 0 radical (unpaired) electrons. The smallest absolute Gasteiger partial charge is 0.281 e. The Hall–Kier alpha value is -2.82. The zero-order valence-electron chi connectivity index (χ0n) is 11.7. The molecule has 21 heavy (non-hydrogen) atoms. The second-order valence-electron chi connectivity index (χ2n) is 4.51. The molecule has 0 fully saturated rings. The van der Waals surface area contributed by atoms with Crippen LogP contribution in [0.2, 0.25) is 0 Å². The predicted molar refractivity (Wildman–Crippen MR) is 80.9 cm³/mol. The van der Waals surface area contributed by atoms with Crippen molar-refractivity contribution in [2.45, 2.75) is 0 Å². The number of methoxy groups -OCH3 is 2. The molecule has 5 heteroatoms. The van der Waals surface area contributed by atoms with Crippen LogP contribution in [0.3, 0.4) is 0 Å². The quantitative estimate of drug-likeness (QED) is 0.802. The largest absolute Gasteiger partial charge is 0.493 e. The van der Waals surface area contributed by atoms with Gasteiger partial charge in [-0.2, -0.15) is 4.98 Å². The summed E-state index contributed by atoms with van der Waals surface area (Å²) in [6, 6.07) is 12.9. The number of ether oxygens (including phenoxy) is 2. The zero-order valence-corrected chi connectivity index (χ0v) is 11.7. The Bertz CT molecular complexity index is 841. The number of aromatic nitrogens is 2. The highest BCUT2D eigenvalue weighted by Crippen LogP contribution is 2.30. The second kappa shape index (κ2) is 5.28. The Balaban J connectivity index is 2.27. The molecular formula is C16H14N2O3. The molecule has 0 saturated heterocycles. The van der Waals surface area contributed by atoms with Gasteiger partial charge >= 0.3 is 0 Å². The molecule has 5 nitrogen and oxygen atoms in total. The van der Waals surface area contributed by atoms with Gasteiger partial charge in [0, 0.05) is 11.6 Å². The summed E-state index contributed by atoms with van der Waals surface area (Å²) in [5.41, 5.74) is 1.21. The number of benzene rings is 2.